The van der Waals surface area contributed by atoms with Crippen LogP contribution in [-0.2, 0) is 19.9 Å². The number of hydrogen-bond donors (Lipinski definition) is 2. The first kappa shape index (κ1) is 51.7. The number of piperazine rings is 2. The maximum atomic E-state index is 15.1. The average Bonchev–Trinajstić information content (AvgIpc) is 3.73. The van der Waals surface area contributed by atoms with E-state index in [1.165, 1.54) is 48.4 Å². The van der Waals surface area contributed by atoms with Crippen LogP contribution in [0.4, 0.5) is 28.9 Å². The second kappa shape index (κ2) is 20.3. The molecule has 2 aliphatic carbocycles. The molecule has 0 radical (unpaired) electrons. The number of hydrogen-bond acceptors (Lipinski definition) is 11. The van der Waals surface area contributed by atoms with Gasteiger partial charge in [-0.15, -0.1) is 11.8 Å². The molecule has 5 aliphatic rings. The van der Waals surface area contributed by atoms with E-state index in [0.29, 0.717) is 66.0 Å². The number of carbonyl (C=O) groups is 1. The number of carbonyl (C=O) groups excluding carboxylic acids is 1. The molecular formula is C52H61ClF4N6O5S3. The predicted octanol–water partition coefficient (Wildman–Crippen LogP) is 9.95. The highest BCUT2D eigenvalue weighted by Gasteiger charge is 2.50. The molecule has 1 spiro atoms. The van der Waals surface area contributed by atoms with Gasteiger partial charge in [-0.05, 0) is 143 Å². The van der Waals surface area contributed by atoms with Gasteiger partial charge in [-0.1, -0.05) is 41.4 Å². The van der Waals surface area contributed by atoms with E-state index in [2.05, 4.69) is 45.7 Å². The standard InChI is InChI=1S/C52H61ClF4N6O5S3/c1-50(2,3)63-33-40-28-41(63)32-62(40)22-18-38(34-69-42-7-5-4-6-8-42)58-47-16-14-43(29-48(47)70(65,66)52(55,56)57)71(67,68)59-49(64)35-9-12-39(13-10-35)61-25-23-60(24-26-61)31-36-30-51(20-21-51)19-17-44(36)45-15-11-37(53)27-46(45)54/h4-16,27,29,38,40-41,58H,17-26,28,30-34H2,1-3H3,(H,59,64)/t38-,40-,41-/m1/s1. The van der Waals surface area contributed by atoms with Crippen LogP contribution < -0.4 is 14.9 Å². The first-order chi connectivity index (χ1) is 33.6. The summed E-state index contributed by atoms with van der Waals surface area (Å²) in [6.07, 6.45) is 6.77. The molecule has 0 unspecified atom stereocenters. The van der Waals surface area contributed by atoms with Crippen LogP contribution in [0.2, 0.25) is 5.02 Å². The van der Waals surface area contributed by atoms with Crippen molar-refractivity contribution in [1.82, 2.24) is 19.4 Å². The summed E-state index contributed by atoms with van der Waals surface area (Å²) in [6.45, 7) is 12.6. The van der Waals surface area contributed by atoms with Crippen LogP contribution in [0, 0.1) is 11.2 Å². The van der Waals surface area contributed by atoms with E-state index >= 15 is 4.39 Å². The Bertz CT molecular complexity index is 2870. The number of likely N-dealkylation sites (tertiary alicyclic amines) is 2. The van der Waals surface area contributed by atoms with Crippen LogP contribution >= 0.6 is 23.4 Å². The van der Waals surface area contributed by atoms with Gasteiger partial charge in [0.2, 0.25) is 0 Å². The SMILES string of the molecule is CC(C)(C)N1C[C@H]2C[C@@H]1CN2CC[C@H](CSc1ccccc1)Nc1ccc(S(=O)(=O)NC(=O)c2ccc(N3CCN(CC4=C(c5ccc(Cl)cc5F)CCC5(CC5)C4)CC3)cc2)cc1S(=O)(=O)C(F)(F)F. The first-order valence-corrected chi connectivity index (χ1v) is 28.6. The summed E-state index contributed by atoms with van der Waals surface area (Å²) in [5, 5.41) is 3.44. The number of thioether (sulfide) groups is 1. The third kappa shape index (κ3) is 11.6. The Hall–Kier alpha value is -4.17. The van der Waals surface area contributed by atoms with E-state index in [1.54, 1.807) is 24.3 Å². The maximum Gasteiger partial charge on any atom is 0.501 e. The van der Waals surface area contributed by atoms with Crippen molar-refractivity contribution in [3.8, 4) is 0 Å². The Morgan fingerprint density at radius 2 is 1.59 bits per heavy atom. The molecule has 11 nitrogen and oxygen atoms in total. The van der Waals surface area contributed by atoms with Crippen LogP contribution in [-0.4, -0.2) is 125 Å². The van der Waals surface area contributed by atoms with Crippen molar-refractivity contribution in [2.75, 3.05) is 68.3 Å². The van der Waals surface area contributed by atoms with Crippen molar-refractivity contribution in [3.63, 3.8) is 0 Å². The van der Waals surface area contributed by atoms with Crippen LogP contribution in [0.1, 0.15) is 81.6 Å². The summed E-state index contributed by atoms with van der Waals surface area (Å²) in [5.41, 5.74) is -1.99. The maximum absolute atomic E-state index is 15.1. The van der Waals surface area contributed by atoms with Gasteiger partial charge in [-0.25, -0.2) is 25.9 Å². The molecule has 382 valence electrons. The fourth-order valence-corrected chi connectivity index (χ4v) is 14.1. The third-order valence-corrected chi connectivity index (χ3v) is 19.3. The number of anilines is 2. The number of halogens is 5. The Morgan fingerprint density at radius 1 is 0.873 bits per heavy atom. The molecule has 3 heterocycles. The van der Waals surface area contributed by atoms with Gasteiger partial charge in [-0.2, -0.15) is 13.2 Å². The molecule has 2 N–H and O–H groups in total. The number of sulfonamides is 1. The molecule has 1 amide bonds. The fraction of sp³-hybridized carbons (Fsp3) is 0.481. The summed E-state index contributed by atoms with van der Waals surface area (Å²) in [6, 6.07) is 23.4. The Morgan fingerprint density at radius 3 is 2.23 bits per heavy atom. The minimum absolute atomic E-state index is 0.0197. The molecule has 3 atom stereocenters. The van der Waals surface area contributed by atoms with Gasteiger partial charge in [0, 0.05) is 109 Å². The smallest absolute Gasteiger partial charge is 0.380 e. The molecule has 4 aromatic carbocycles. The zero-order chi connectivity index (χ0) is 50.5. The van der Waals surface area contributed by atoms with Gasteiger partial charge in [0.05, 0.1) is 10.6 Å². The van der Waals surface area contributed by atoms with Crippen molar-refractivity contribution in [1.29, 1.82) is 0 Å². The van der Waals surface area contributed by atoms with Crippen molar-refractivity contribution in [2.24, 2.45) is 5.41 Å². The fourth-order valence-electron chi connectivity index (χ4n) is 11.0. The number of sulfone groups is 1. The lowest BCUT2D eigenvalue weighted by Gasteiger charge is -2.42. The summed E-state index contributed by atoms with van der Waals surface area (Å²) >= 11 is 7.55. The molecule has 71 heavy (non-hydrogen) atoms. The monoisotopic (exact) mass is 1060 g/mol. The van der Waals surface area contributed by atoms with E-state index in [-0.39, 0.29) is 22.6 Å². The number of nitrogens with zero attached hydrogens (tertiary/aromatic N) is 4. The Labute approximate surface area is 424 Å². The minimum Gasteiger partial charge on any atom is -0.380 e. The highest BCUT2D eigenvalue weighted by Crippen LogP contribution is 2.59. The number of rotatable bonds is 16. The lowest BCUT2D eigenvalue weighted by molar-refractivity contribution is -0.0435. The van der Waals surface area contributed by atoms with Gasteiger partial charge >= 0.3 is 5.51 Å². The molecule has 2 bridgehead atoms. The van der Waals surface area contributed by atoms with Crippen molar-refractivity contribution < 1.29 is 39.2 Å². The number of nitrogens with one attached hydrogen (secondary N) is 2. The number of allylic oxidation sites excluding steroid dienone is 1. The molecule has 0 aromatic heterocycles. The summed E-state index contributed by atoms with van der Waals surface area (Å²) < 4.78 is 114. The van der Waals surface area contributed by atoms with Crippen molar-refractivity contribution in [2.45, 2.75) is 110 Å². The zero-order valence-corrected chi connectivity index (χ0v) is 43.4. The minimum atomic E-state index is -6.08. The quantitative estimate of drug-likeness (QED) is 0.0824. The number of amides is 1. The molecule has 19 heteroatoms. The molecule has 9 rings (SSSR count). The first-order valence-electron chi connectivity index (χ1n) is 24.3. The molecule has 3 saturated heterocycles. The summed E-state index contributed by atoms with van der Waals surface area (Å²) in [7, 11) is -10.9. The second-order valence-electron chi connectivity index (χ2n) is 20.9. The summed E-state index contributed by atoms with van der Waals surface area (Å²) in [5.74, 6) is -0.958. The van der Waals surface area contributed by atoms with Crippen LogP contribution in [0.3, 0.4) is 0 Å². The van der Waals surface area contributed by atoms with E-state index in [4.69, 9.17) is 11.6 Å². The Kier molecular flexibility index (Phi) is 14.8. The number of alkyl halides is 3. The second-order valence-corrected chi connectivity index (χ2v) is 26.0. The molecule has 3 aliphatic heterocycles. The largest absolute Gasteiger partial charge is 0.501 e. The van der Waals surface area contributed by atoms with Crippen molar-refractivity contribution in [3.05, 3.63) is 119 Å². The molecule has 1 saturated carbocycles. The van der Waals surface area contributed by atoms with Crippen LogP contribution in [0.5, 0.6) is 0 Å². The number of benzene rings is 4. The highest BCUT2D eigenvalue weighted by atomic mass is 35.5. The molecule has 4 fully saturated rings. The van der Waals surface area contributed by atoms with Gasteiger partial charge in [-0.3, -0.25) is 19.5 Å². The van der Waals surface area contributed by atoms with Gasteiger partial charge in [0.1, 0.15) is 10.7 Å². The lowest BCUT2D eigenvalue weighted by atomic mass is 9.78. The molecule has 4 aromatic rings. The topological polar surface area (TPSA) is 122 Å². The Balaban J connectivity index is 0.860. The van der Waals surface area contributed by atoms with E-state index in [0.717, 1.165) is 86.7 Å². The van der Waals surface area contributed by atoms with E-state index in [9.17, 15) is 34.8 Å². The highest BCUT2D eigenvalue weighted by molar-refractivity contribution is 7.99. The predicted molar refractivity (Wildman–Crippen MR) is 273 cm³/mol. The van der Waals surface area contributed by atoms with E-state index in [1.807, 2.05) is 35.1 Å². The average molecular weight is 1060 g/mol. The number of fused-ring (bicyclic) bond motifs is 2. The summed E-state index contributed by atoms with van der Waals surface area (Å²) in [4.78, 5) is 21.7. The normalized spacial score (nSPS) is 21.5. The van der Waals surface area contributed by atoms with Gasteiger partial charge < -0.3 is 10.2 Å². The zero-order valence-electron chi connectivity index (χ0n) is 40.2. The van der Waals surface area contributed by atoms with E-state index < -0.39 is 47.1 Å². The molecular weight excluding hydrogens is 996 g/mol. The van der Waals surface area contributed by atoms with Crippen molar-refractivity contribution >= 4 is 66.1 Å². The van der Waals surface area contributed by atoms with Crippen LogP contribution in [0.25, 0.3) is 5.57 Å². The lowest BCUT2D eigenvalue weighted by Crippen LogP contribution is -2.53. The van der Waals surface area contributed by atoms with Gasteiger partial charge in [0.25, 0.3) is 25.8 Å². The van der Waals surface area contributed by atoms with Gasteiger partial charge in [0.15, 0.2) is 0 Å². The third-order valence-electron chi connectivity index (χ3n) is 15.0. The van der Waals surface area contributed by atoms with Crippen LogP contribution in [0.15, 0.2) is 111 Å².